The molecule has 0 aliphatic rings. The minimum Gasteiger partial charge on any atom is -0.454 e. The van der Waals surface area contributed by atoms with Gasteiger partial charge in [0.05, 0.1) is 5.02 Å². The number of alkyl halides is 6. The monoisotopic (exact) mass is 410 g/mol. The van der Waals surface area contributed by atoms with Crippen molar-refractivity contribution in [3.8, 4) is 17.4 Å². The predicted molar refractivity (Wildman–Crippen MR) is 83.4 cm³/mol. The third kappa shape index (κ3) is 4.24. The molecule has 3 rings (SSSR count). The van der Waals surface area contributed by atoms with Crippen LogP contribution in [-0.4, -0.2) is 32.7 Å². The summed E-state index contributed by atoms with van der Waals surface area (Å²) in [5.74, 6) is -0.0357. The lowest BCUT2D eigenvalue weighted by molar-refractivity contribution is -0.155. The minimum atomic E-state index is -4.97. The molecule has 0 spiro atoms. The average Bonchev–Trinajstić information content (AvgIpc) is 2.96. The molecule has 0 bridgehead atoms. The highest BCUT2D eigenvalue weighted by molar-refractivity contribution is 6.33. The summed E-state index contributed by atoms with van der Waals surface area (Å²) in [6.07, 6.45) is -9.74. The molecule has 2 aromatic heterocycles. The van der Waals surface area contributed by atoms with Gasteiger partial charge in [0.15, 0.2) is 17.9 Å². The van der Waals surface area contributed by atoms with Crippen LogP contribution in [0.25, 0.3) is 22.6 Å². The van der Waals surface area contributed by atoms with Gasteiger partial charge in [0.1, 0.15) is 11.3 Å². The smallest absolute Gasteiger partial charge is 0.435 e. The fourth-order valence-electron chi connectivity index (χ4n) is 2.24. The maximum atomic E-state index is 13.3. The van der Waals surface area contributed by atoms with Gasteiger partial charge in [0.25, 0.3) is 0 Å². The Hall–Kier alpha value is -2.56. The van der Waals surface area contributed by atoms with Gasteiger partial charge < -0.3 is 9.72 Å². The first kappa shape index (κ1) is 19.2. The molecule has 0 fully saturated rings. The molecule has 3 aromatic rings. The number of fused-ring (bicyclic) bond motifs is 1. The number of nitrogens with zero attached hydrogens (tertiary/aromatic N) is 3. The van der Waals surface area contributed by atoms with Crippen molar-refractivity contribution in [1.82, 2.24) is 19.9 Å². The van der Waals surface area contributed by atoms with Crippen molar-refractivity contribution in [2.24, 2.45) is 0 Å². The fraction of sp³-hybridized carbons (Fsp3) is 0.267. The van der Waals surface area contributed by atoms with Crippen LogP contribution in [0.1, 0.15) is 11.3 Å². The van der Waals surface area contributed by atoms with E-state index in [9.17, 15) is 26.3 Å². The maximum Gasteiger partial charge on any atom is 0.435 e. The molecule has 0 unspecified atom stereocenters. The summed E-state index contributed by atoms with van der Waals surface area (Å²) in [4.78, 5) is 12.9. The lowest BCUT2D eigenvalue weighted by Gasteiger charge is -2.10. The van der Waals surface area contributed by atoms with E-state index in [1.165, 1.54) is 6.07 Å². The summed E-state index contributed by atoms with van der Waals surface area (Å²) in [6.45, 7) is -0.0939. The van der Waals surface area contributed by atoms with E-state index < -0.39 is 41.8 Å². The van der Waals surface area contributed by atoms with Crippen LogP contribution in [0.5, 0.6) is 6.01 Å². The molecule has 1 N–H and O–H groups in total. The Kier molecular flexibility index (Phi) is 4.66. The number of ether oxygens (including phenoxy) is 1. The number of halogens is 7. The van der Waals surface area contributed by atoms with E-state index in [0.717, 1.165) is 5.56 Å². The number of aromatic nitrogens is 4. The molecule has 0 saturated heterocycles. The number of imidazole rings is 1. The normalized spacial score (nSPS) is 12.6. The Morgan fingerprint density at radius 1 is 1.07 bits per heavy atom. The average molecular weight is 411 g/mol. The highest BCUT2D eigenvalue weighted by Gasteiger charge is 2.38. The Labute approximate surface area is 152 Å². The second-order valence-electron chi connectivity index (χ2n) is 5.52. The van der Waals surface area contributed by atoms with Gasteiger partial charge in [-0.25, -0.2) is 4.98 Å². The van der Waals surface area contributed by atoms with Crippen molar-refractivity contribution in [3.63, 3.8) is 0 Å². The van der Waals surface area contributed by atoms with Gasteiger partial charge in [-0.05, 0) is 19.1 Å². The van der Waals surface area contributed by atoms with Crippen LogP contribution >= 0.6 is 11.6 Å². The number of benzene rings is 1. The number of nitrogens with one attached hydrogen (secondary N) is 1. The van der Waals surface area contributed by atoms with Crippen LogP contribution in [-0.2, 0) is 6.18 Å². The molecule has 27 heavy (non-hydrogen) atoms. The molecule has 0 amide bonds. The van der Waals surface area contributed by atoms with Crippen molar-refractivity contribution in [1.29, 1.82) is 0 Å². The van der Waals surface area contributed by atoms with E-state index in [1.807, 2.05) is 0 Å². The summed E-state index contributed by atoms with van der Waals surface area (Å²) < 4.78 is 80.9. The summed E-state index contributed by atoms with van der Waals surface area (Å²) in [7, 11) is 0. The zero-order valence-corrected chi connectivity index (χ0v) is 14.1. The van der Waals surface area contributed by atoms with Crippen molar-refractivity contribution in [2.45, 2.75) is 19.3 Å². The van der Waals surface area contributed by atoms with E-state index in [1.54, 1.807) is 19.1 Å². The van der Waals surface area contributed by atoms with Crippen molar-refractivity contribution < 1.29 is 31.1 Å². The lowest BCUT2D eigenvalue weighted by Crippen LogP contribution is -2.21. The second kappa shape index (κ2) is 6.55. The summed E-state index contributed by atoms with van der Waals surface area (Å²) in [6, 6.07) is 3.73. The molecule has 1 aromatic carbocycles. The molecule has 144 valence electrons. The van der Waals surface area contributed by atoms with E-state index in [2.05, 4.69) is 24.7 Å². The minimum absolute atomic E-state index is 0.0357. The number of aromatic amines is 1. The summed E-state index contributed by atoms with van der Waals surface area (Å²) in [5, 5.41) is 0.217. The van der Waals surface area contributed by atoms with Gasteiger partial charge >= 0.3 is 18.4 Å². The summed E-state index contributed by atoms with van der Waals surface area (Å²) in [5.41, 5.74) is -1.50. The van der Waals surface area contributed by atoms with Crippen LogP contribution in [0.2, 0.25) is 5.02 Å². The SMILES string of the molecule is Cc1ccc(Cl)c(-c2nc3nc(OCC(F)(F)F)nc(C(F)(F)F)c3[nH]2)c1. The molecule has 5 nitrogen and oxygen atoms in total. The first-order valence-corrected chi connectivity index (χ1v) is 7.63. The zero-order valence-electron chi connectivity index (χ0n) is 13.3. The van der Waals surface area contributed by atoms with Crippen LogP contribution in [0.3, 0.4) is 0 Å². The van der Waals surface area contributed by atoms with Crippen LogP contribution in [0, 0.1) is 6.92 Å². The van der Waals surface area contributed by atoms with Crippen LogP contribution in [0.15, 0.2) is 18.2 Å². The Morgan fingerprint density at radius 3 is 2.41 bits per heavy atom. The highest BCUT2D eigenvalue weighted by atomic mass is 35.5. The lowest BCUT2D eigenvalue weighted by atomic mass is 10.1. The van der Waals surface area contributed by atoms with Gasteiger partial charge in [-0.15, -0.1) is 0 Å². The van der Waals surface area contributed by atoms with Gasteiger partial charge in [-0.3, -0.25) is 0 Å². The van der Waals surface area contributed by atoms with Crippen LogP contribution in [0.4, 0.5) is 26.3 Å². The number of hydrogen-bond acceptors (Lipinski definition) is 4. The predicted octanol–water partition coefficient (Wildman–Crippen LogP) is 4.94. The Morgan fingerprint density at radius 2 is 1.78 bits per heavy atom. The fourth-order valence-corrected chi connectivity index (χ4v) is 2.45. The molecule has 0 aliphatic carbocycles. The van der Waals surface area contributed by atoms with E-state index >= 15 is 0 Å². The molecule has 2 heterocycles. The Balaban J connectivity index is 2.15. The molecule has 0 aliphatic heterocycles. The van der Waals surface area contributed by atoms with Gasteiger partial charge in [0, 0.05) is 5.56 Å². The number of H-pyrrole nitrogens is 1. The van der Waals surface area contributed by atoms with E-state index in [0.29, 0.717) is 5.56 Å². The quantitative estimate of drug-likeness (QED) is 0.621. The van der Waals surface area contributed by atoms with Gasteiger partial charge in [-0.2, -0.15) is 36.3 Å². The molecule has 0 radical (unpaired) electrons. The molecular formula is C15H9ClF6N4O. The van der Waals surface area contributed by atoms with Gasteiger partial charge in [-0.1, -0.05) is 23.2 Å². The molecule has 0 atom stereocenters. The molecule has 0 saturated carbocycles. The molecule has 12 heteroatoms. The standard InChI is InChI=1S/C15H9ClF6N4O/c1-6-2-3-8(16)7(4-6)11-23-9-10(15(20,21)22)24-13(26-12(9)25-11)27-5-14(17,18)19/h2-4H,5H2,1H3,(H,23,24,25,26). The Bertz CT molecular complexity index is 998. The second-order valence-corrected chi connectivity index (χ2v) is 5.93. The number of rotatable bonds is 3. The van der Waals surface area contributed by atoms with E-state index in [-0.39, 0.29) is 10.8 Å². The largest absolute Gasteiger partial charge is 0.454 e. The van der Waals surface area contributed by atoms with E-state index in [4.69, 9.17) is 11.6 Å². The van der Waals surface area contributed by atoms with Crippen molar-refractivity contribution >= 4 is 22.8 Å². The zero-order chi connectivity index (χ0) is 20.0. The van der Waals surface area contributed by atoms with Crippen molar-refractivity contribution in [2.75, 3.05) is 6.61 Å². The third-order valence-electron chi connectivity index (χ3n) is 3.34. The van der Waals surface area contributed by atoms with Crippen LogP contribution < -0.4 is 4.74 Å². The number of hydrogen-bond donors (Lipinski definition) is 1. The van der Waals surface area contributed by atoms with Gasteiger partial charge in [0.2, 0.25) is 0 Å². The number of aryl methyl sites for hydroxylation is 1. The summed E-state index contributed by atoms with van der Waals surface area (Å²) >= 11 is 6.05. The highest BCUT2D eigenvalue weighted by Crippen LogP contribution is 2.35. The maximum absolute atomic E-state index is 13.3. The molecular weight excluding hydrogens is 402 g/mol. The third-order valence-corrected chi connectivity index (χ3v) is 3.67. The first-order valence-electron chi connectivity index (χ1n) is 7.25. The van der Waals surface area contributed by atoms with Crippen molar-refractivity contribution in [3.05, 3.63) is 34.5 Å². The first-order chi connectivity index (χ1) is 12.4. The topological polar surface area (TPSA) is 63.7 Å².